The maximum absolute atomic E-state index is 12.6. The number of carbonyl (C=O) groups excluding carboxylic acids is 3. The molecule has 0 unspecified atom stereocenters. The molecule has 3 rings (SSSR count). The van der Waals surface area contributed by atoms with Crippen LogP contribution in [-0.4, -0.2) is 24.4 Å². The van der Waals surface area contributed by atoms with E-state index in [1.54, 1.807) is 24.3 Å². The Labute approximate surface area is 139 Å². The molecule has 0 N–H and O–H groups in total. The van der Waals surface area contributed by atoms with E-state index in [9.17, 15) is 14.4 Å². The predicted octanol–water partition coefficient (Wildman–Crippen LogP) is 3.30. The summed E-state index contributed by atoms with van der Waals surface area (Å²) in [5, 5.41) is 0. The molecule has 5 nitrogen and oxygen atoms in total. The number of nitrogens with zero attached hydrogens (tertiary/aromatic N) is 1. The molecular formula is C19H17NO4. The van der Waals surface area contributed by atoms with Crippen LogP contribution >= 0.6 is 0 Å². The Morgan fingerprint density at radius 3 is 2.33 bits per heavy atom. The zero-order chi connectivity index (χ0) is 17.3. The van der Waals surface area contributed by atoms with Crippen LogP contribution < -0.4 is 4.90 Å². The van der Waals surface area contributed by atoms with Crippen LogP contribution in [0.25, 0.3) is 0 Å². The highest BCUT2D eigenvalue weighted by Crippen LogP contribution is 2.29. The Bertz CT molecular complexity index is 811. The van der Waals surface area contributed by atoms with Gasteiger partial charge in [0.1, 0.15) is 0 Å². The van der Waals surface area contributed by atoms with Gasteiger partial charge in [0, 0.05) is 0 Å². The number of esters is 1. The third-order valence-electron chi connectivity index (χ3n) is 3.68. The smallest absolute Gasteiger partial charge is 0.338 e. The minimum atomic E-state index is -0.495. The second-order valence-electron chi connectivity index (χ2n) is 6.03. The molecule has 0 saturated heterocycles. The maximum atomic E-state index is 12.6. The van der Waals surface area contributed by atoms with Crippen molar-refractivity contribution in [3.8, 4) is 0 Å². The number of amides is 2. The molecule has 1 aliphatic rings. The van der Waals surface area contributed by atoms with Crippen LogP contribution in [0.15, 0.2) is 48.5 Å². The third-order valence-corrected chi connectivity index (χ3v) is 3.68. The van der Waals surface area contributed by atoms with Gasteiger partial charge in [-0.1, -0.05) is 32.0 Å². The fourth-order valence-corrected chi connectivity index (χ4v) is 2.51. The summed E-state index contributed by atoms with van der Waals surface area (Å²) in [7, 11) is 0. The molecule has 24 heavy (non-hydrogen) atoms. The van der Waals surface area contributed by atoms with Gasteiger partial charge in [0.05, 0.1) is 29.0 Å². The summed E-state index contributed by atoms with van der Waals surface area (Å²) in [6.07, 6.45) is 0. The molecule has 0 radical (unpaired) electrons. The Balaban J connectivity index is 1.90. The van der Waals surface area contributed by atoms with Crippen LogP contribution in [-0.2, 0) is 4.74 Å². The normalized spacial score (nSPS) is 13.4. The second-order valence-corrected chi connectivity index (χ2v) is 6.03. The lowest BCUT2D eigenvalue weighted by atomic mass is 10.1. The molecular weight excluding hydrogens is 306 g/mol. The van der Waals surface area contributed by atoms with E-state index in [1.165, 1.54) is 18.2 Å². The molecule has 5 heteroatoms. The van der Waals surface area contributed by atoms with E-state index in [4.69, 9.17) is 4.74 Å². The van der Waals surface area contributed by atoms with Crippen molar-refractivity contribution in [2.24, 2.45) is 5.92 Å². The van der Waals surface area contributed by atoms with Gasteiger partial charge in [0.2, 0.25) is 0 Å². The highest BCUT2D eigenvalue weighted by Gasteiger charge is 2.37. The van der Waals surface area contributed by atoms with Crippen molar-refractivity contribution >= 4 is 23.5 Å². The number of benzene rings is 2. The van der Waals surface area contributed by atoms with E-state index in [-0.39, 0.29) is 23.0 Å². The van der Waals surface area contributed by atoms with Gasteiger partial charge in [0.25, 0.3) is 11.8 Å². The van der Waals surface area contributed by atoms with E-state index in [1.807, 2.05) is 19.9 Å². The fraction of sp³-hybridized carbons (Fsp3) is 0.211. The molecule has 2 aromatic carbocycles. The number of hydrogen-bond acceptors (Lipinski definition) is 4. The molecule has 2 aromatic rings. The lowest BCUT2D eigenvalue weighted by Crippen LogP contribution is -2.29. The minimum Gasteiger partial charge on any atom is -0.462 e. The summed E-state index contributed by atoms with van der Waals surface area (Å²) in [4.78, 5) is 38.3. The molecule has 1 aliphatic heterocycles. The first-order chi connectivity index (χ1) is 11.5. The number of imide groups is 1. The van der Waals surface area contributed by atoms with Crippen LogP contribution in [0.2, 0.25) is 0 Å². The lowest BCUT2D eigenvalue weighted by molar-refractivity contribution is 0.0458. The highest BCUT2D eigenvalue weighted by molar-refractivity contribution is 6.34. The van der Waals surface area contributed by atoms with E-state index < -0.39 is 11.9 Å². The third kappa shape index (κ3) is 2.80. The van der Waals surface area contributed by atoms with Gasteiger partial charge in [-0.2, -0.15) is 0 Å². The van der Waals surface area contributed by atoms with Crippen LogP contribution in [0.1, 0.15) is 44.9 Å². The quantitative estimate of drug-likeness (QED) is 0.640. The summed E-state index contributed by atoms with van der Waals surface area (Å²) in [6, 6.07) is 13.2. The van der Waals surface area contributed by atoms with E-state index >= 15 is 0 Å². The van der Waals surface area contributed by atoms with Crippen molar-refractivity contribution in [2.45, 2.75) is 13.8 Å². The first kappa shape index (κ1) is 15.9. The van der Waals surface area contributed by atoms with Gasteiger partial charge >= 0.3 is 5.97 Å². The van der Waals surface area contributed by atoms with Crippen LogP contribution in [0.4, 0.5) is 5.69 Å². The average molecular weight is 323 g/mol. The van der Waals surface area contributed by atoms with E-state index in [0.717, 1.165) is 4.90 Å². The molecule has 0 fully saturated rings. The SMILES string of the molecule is CC(C)COC(=O)c1ccc2c(c1)C(=O)N(c1ccccc1)C2=O. The standard InChI is InChI=1S/C19H17NO4/c1-12(2)11-24-19(23)13-8-9-15-16(10-13)18(22)20(17(15)21)14-6-4-3-5-7-14/h3-10,12H,11H2,1-2H3. The van der Waals surface area contributed by atoms with Gasteiger partial charge in [-0.15, -0.1) is 0 Å². The molecule has 122 valence electrons. The predicted molar refractivity (Wildman–Crippen MR) is 89.1 cm³/mol. The van der Waals surface area contributed by atoms with Gasteiger partial charge in [-0.25, -0.2) is 9.69 Å². The second kappa shape index (κ2) is 6.28. The zero-order valence-electron chi connectivity index (χ0n) is 13.5. The van der Waals surface area contributed by atoms with Crippen molar-refractivity contribution in [2.75, 3.05) is 11.5 Å². The number of ether oxygens (including phenoxy) is 1. The van der Waals surface area contributed by atoms with Crippen molar-refractivity contribution in [1.29, 1.82) is 0 Å². The molecule has 0 atom stereocenters. The van der Waals surface area contributed by atoms with Gasteiger partial charge in [-0.05, 0) is 36.2 Å². The first-order valence-electron chi connectivity index (χ1n) is 7.74. The maximum Gasteiger partial charge on any atom is 0.338 e. The molecule has 0 spiro atoms. The number of carbonyl (C=O) groups is 3. The Kier molecular flexibility index (Phi) is 4.16. The van der Waals surface area contributed by atoms with E-state index in [2.05, 4.69) is 0 Å². The summed E-state index contributed by atoms with van der Waals surface area (Å²) in [6.45, 7) is 4.19. The zero-order valence-corrected chi connectivity index (χ0v) is 13.5. The van der Waals surface area contributed by atoms with E-state index in [0.29, 0.717) is 17.9 Å². The number of hydrogen-bond donors (Lipinski definition) is 0. The van der Waals surface area contributed by atoms with Gasteiger partial charge < -0.3 is 4.74 Å². The van der Waals surface area contributed by atoms with Crippen LogP contribution in [0.5, 0.6) is 0 Å². The largest absolute Gasteiger partial charge is 0.462 e. The molecule has 0 saturated carbocycles. The minimum absolute atomic E-state index is 0.222. The summed E-state index contributed by atoms with van der Waals surface area (Å²) in [5.74, 6) is -1.09. The number of fused-ring (bicyclic) bond motifs is 1. The number of rotatable bonds is 4. The van der Waals surface area contributed by atoms with Crippen molar-refractivity contribution in [3.63, 3.8) is 0 Å². The van der Waals surface area contributed by atoms with Crippen molar-refractivity contribution < 1.29 is 19.1 Å². The van der Waals surface area contributed by atoms with Crippen molar-refractivity contribution in [3.05, 3.63) is 65.2 Å². The monoisotopic (exact) mass is 323 g/mol. The van der Waals surface area contributed by atoms with Crippen LogP contribution in [0, 0.1) is 5.92 Å². The molecule has 2 amide bonds. The topological polar surface area (TPSA) is 63.7 Å². The fourth-order valence-electron chi connectivity index (χ4n) is 2.51. The van der Waals surface area contributed by atoms with Gasteiger partial charge in [0.15, 0.2) is 0 Å². The summed E-state index contributed by atoms with van der Waals surface area (Å²) < 4.78 is 5.17. The van der Waals surface area contributed by atoms with Gasteiger partial charge in [-0.3, -0.25) is 9.59 Å². The molecule has 0 aliphatic carbocycles. The summed E-state index contributed by atoms with van der Waals surface area (Å²) in [5.41, 5.74) is 1.30. The van der Waals surface area contributed by atoms with Crippen LogP contribution in [0.3, 0.4) is 0 Å². The number of para-hydroxylation sites is 1. The first-order valence-corrected chi connectivity index (χ1v) is 7.74. The molecule has 0 bridgehead atoms. The lowest BCUT2D eigenvalue weighted by Gasteiger charge is -2.13. The Hall–Kier alpha value is -2.95. The Morgan fingerprint density at radius 1 is 1.00 bits per heavy atom. The molecule has 1 heterocycles. The summed E-state index contributed by atoms with van der Waals surface area (Å²) >= 11 is 0. The average Bonchev–Trinajstić information content (AvgIpc) is 2.84. The Morgan fingerprint density at radius 2 is 1.67 bits per heavy atom. The number of anilines is 1. The molecule has 0 aromatic heterocycles. The highest BCUT2D eigenvalue weighted by atomic mass is 16.5. The van der Waals surface area contributed by atoms with Crippen molar-refractivity contribution in [1.82, 2.24) is 0 Å².